The molecule has 3 nitrogen and oxygen atoms in total. The van der Waals surface area contributed by atoms with E-state index < -0.39 is 5.97 Å². The lowest BCUT2D eigenvalue weighted by molar-refractivity contribution is 0.0692. The van der Waals surface area contributed by atoms with Crippen molar-refractivity contribution in [3.8, 4) is 5.75 Å². The number of aromatic carboxylic acids is 1. The van der Waals surface area contributed by atoms with Crippen molar-refractivity contribution >= 4 is 33.7 Å². The molecule has 1 aromatic carbocycles. The lowest BCUT2D eigenvalue weighted by atomic mass is 10.2. The molecular formula is C10H11BrO3S. The lowest BCUT2D eigenvalue weighted by Crippen LogP contribution is -2.05. The van der Waals surface area contributed by atoms with Crippen LogP contribution in [0.3, 0.4) is 0 Å². The van der Waals surface area contributed by atoms with Gasteiger partial charge in [0.15, 0.2) is 0 Å². The van der Waals surface area contributed by atoms with Crippen molar-refractivity contribution in [1.82, 2.24) is 0 Å². The van der Waals surface area contributed by atoms with E-state index in [-0.39, 0.29) is 5.56 Å². The fourth-order valence-corrected chi connectivity index (χ4v) is 1.64. The zero-order valence-corrected chi connectivity index (χ0v) is 10.6. The Labute approximate surface area is 101 Å². The molecule has 0 saturated carbocycles. The molecule has 1 rings (SSSR count). The van der Waals surface area contributed by atoms with Crippen molar-refractivity contribution in [2.45, 2.75) is 0 Å². The first-order valence-corrected chi connectivity index (χ1v) is 6.48. The summed E-state index contributed by atoms with van der Waals surface area (Å²) in [6, 6.07) is 4.96. The summed E-state index contributed by atoms with van der Waals surface area (Å²) in [4.78, 5) is 10.9. The number of halogens is 1. The van der Waals surface area contributed by atoms with Crippen molar-refractivity contribution in [2.24, 2.45) is 0 Å². The van der Waals surface area contributed by atoms with E-state index >= 15 is 0 Å². The molecule has 0 aromatic heterocycles. The number of rotatable bonds is 5. The molecule has 1 aromatic rings. The fraction of sp³-hybridized carbons (Fsp3) is 0.300. The summed E-state index contributed by atoms with van der Waals surface area (Å²) in [6.45, 7) is 0.517. The van der Waals surface area contributed by atoms with Gasteiger partial charge in [-0.25, -0.2) is 4.79 Å². The molecule has 0 aliphatic carbocycles. The number of carbonyl (C=O) groups is 1. The topological polar surface area (TPSA) is 46.5 Å². The van der Waals surface area contributed by atoms with E-state index in [1.165, 1.54) is 6.07 Å². The molecule has 0 aliphatic heterocycles. The molecule has 0 saturated heterocycles. The third-order valence-electron chi connectivity index (χ3n) is 1.72. The van der Waals surface area contributed by atoms with Crippen molar-refractivity contribution in [3.63, 3.8) is 0 Å². The van der Waals surface area contributed by atoms with Gasteiger partial charge in [-0.15, -0.1) is 0 Å². The van der Waals surface area contributed by atoms with Crippen molar-refractivity contribution < 1.29 is 14.6 Å². The predicted molar refractivity (Wildman–Crippen MR) is 65.0 cm³/mol. The van der Waals surface area contributed by atoms with E-state index in [0.717, 1.165) is 10.2 Å². The molecule has 82 valence electrons. The Morgan fingerprint density at radius 2 is 2.33 bits per heavy atom. The van der Waals surface area contributed by atoms with Crippen LogP contribution in [0.25, 0.3) is 0 Å². The Balaban J connectivity index is 2.81. The molecule has 0 spiro atoms. The smallest absolute Gasteiger partial charge is 0.339 e. The highest BCUT2D eigenvalue weighted by Crippen LogP contribution is 2.23. The minimum atomic E-state index is -0.976. The summed E-state index contributed by atoms with van der Waals surface area (Å²) in [5.74, 6) is 0.282. The summed E-state index contributed by atoms with van der Waals surface area (Å²) < 4.78 is 6.10. The monoisotopic (exact) mass is 290 g/mol. The van der Waals surface area contributed by atoms with Crippen LogP contribution in [-0.2, 0) is 0 Å². The first-order valence-electron chi connectivity index (χ1n) is 4.29. The second kappa shape index (κ2) is 6.02. The van der Waals surface area contributed by atoms with Gasteiger partial charge in [0.25, 0.3) is 0 Å². The van der Waals surface area contributed by atoms with Crippen LogP contribution in [0.2, 0.25) is 0 Å². The third-order valence-corrected chi connectivity index (χ3v) is 2.79. The van der Waals surface area contributed by atoms with Crippen LogP contribution in [0.5, 0.6) is 5.75 Å². The van der Waals surface area contributed by atoms with Gasteiger partial charge in [-0.2, -0.15) is 11.8 Å². The number of carboxylic acids is 1. The van der Waals surface area contributed by atoms with E-state index in [0.29, 0.717) is 12.4 Å². The Hall–Kier alpha value is -0.680. The van der Waals surface area contributed by atoms with Crippen LogP contribution in [-0.4, -0.2) is 29.7 Å². The predicted octanol–water partition coefficient (Wildman–Crippen LogP) is 2.89. The average Bonchev–Trinajstić information content (AvgIpc) is 2.20. The minimum Gasteiger partial charge on any atom is -0.492 e. The first kappa shape index (κ1) is 12.4. The maximum Gasteiger partial charge on any atom is 0.339 e. The van der Waals surface area contributed by atoms with Crippen molar-refractivity contribution in [3.05, 3.63) is 28.2 Å². The lowest BCUT2D eigenvalue weighted by Gasteiger charge is -2.08. The highest BCUT2D eigenvalue weighted by molar-refractivity contribution is 9.10. The van der Waals surface area contributed by atoms with Crippen LogP contribution in [0, 0.1) is 0 Å². The molecule has 0 heterocycles. The van der Waals surface area contributed by atoms with Gasteiger partial charge in [0.1, 0.15) is 11.3 Å². The maximum atomic E-state index is 10.9. The van der Waals surface area contributed by atoms with Crippen molar-refractivity contribution in [1.29, 1.82) is 0 Å². The van der Waals surface area contributed by atoms with Gasteiger partial charge in [-0.3, -0.25) is 0 Å². The SMILES string of the molecule is CSCCOc1ccc(Br)cc1C(=O)O. The second-order valence-electron chi connectivity index (χ2n) is 2.79. The molecule has 0 amide bonds. The summed E-state index contributed by atoms with van der Waals surface area (Å²) in [5.41, 5.74) is 0.186. The Morgan fingerprint density at radius 1 is 1.60 bits per heavy atom. The van der Waals surface area contributed by atoms with E-state index in [1.807, 2.05) is 6.26 Å². The Kier molecular flexibility index (Phi) is 4.98. The van der Waals surface area contributed by atoms with Crippen LogP contribution < -0.4 is 4.74 Å². The fourth-order valence-electron chi connectivity index (χ4n) is 1.03. The number of benzene rings is 1. The van der Waals surface area contributed by atoms with Gasteiger partial charge in [0.2, 0.25) is 0 Å². The molecular weight excluding hydrogens is 280 g/mol. The zero-order valence-electron chi connectivity index (χ0n) is 8.20. The summed E-state index contributed by atoms with van der Waals surface area (Å²) >= 11 is 4.88. The van der Waals surface area contributed by atoms with Crippen molar-refractivity contribution in [2.75, 3.05) is 18.6 Å². The summed E-state index contributed by atoms with van der Waals surface area (Å²) in [7, 11) is 0. The Bertz CT molecular complexity index is 355. The zero-order chi connectivity index (χ0) is 11.3. The number of hydrogen-bond donors (Lipinski definition) is 1. The van der Waals surface area contributed by atoms with Gasteiger partial charge in [0, 0.05) is 10.2 Å². The summed E-state index contributed by atoms with van der Waals surface area (Å²) in [5, 5.41) is 8.94. The largest absolute Gasteiger partial charge is 0.492 e. The van der Waals surface area contributed by atoms with E-state index in [2.05, 4.69) is 15.9 Å². The van der Waals surface area contributed by atoms with Gasteiger partial charge in [-0.05, 0) is 24.5 Å². The molecule has 0 radical (unpaired) electrons. The standard InChI is InChI=1S/C10H11BrO3S/c1-15-5-4-14-9-3-2-7(11)6-8(9)10(12)13/h2-3,6H,4-5H2,1H3,(H,12,13). The highest BCUT2D eigenvalue weighted by atomic mass is 79.9. The molecule has 5 heteroatoms. The highest BCUT2D eigenvalue weighted by Gasteiger charge is 2.11. The molecule has 0 fully saturated rings. The normalized spacial score (nSPS) is 10.0. The molecule has 15 heavy (non-hydrogen) atoms. The van der Waals surface area contributed by atoms with E-state index in [9.17, 15) is 4.79 Å². The first-order chi connectivity index (χ1) is 7.15. The maximum absolute atomic E-state index is 10.9. The van der Waals surface area contributed by atoms with Gasteiger partial charge in [0.05, 0.1) is 6.61 Å². The second-order valence-corrected chi connectivity index (χ2v) is 4.69. The number of ether oxygens (including phenoxy) is 1. The van der Waals surface area contributed by atoms with Gasteiger partial charge < -0.3 is 9.84 Å². The average molecular weight is 291 g/mol. The number of hydrogen-bond acceptors (Lipinski definition) is 3. The van der Waals surface area contributed by atoms with Crippen LogP contribution >= 0.6 is 27.7 Å². The molecule has 1 N–H and O–H groups in total. The van der Waals surface area contributed by atoms with Crippen LogP contribution in [0.4, 0.5) is 0 Å². The molecule has 0 atom stereocenters. The quantitative estimate of drug-likeness (QED) is 0.847. The van der Waals surface area contributed by atoms with E-state index in [4.69, 9.17) is 9.84 Å². The third kappa shape index (κ3) is 3.76. The number of thioether (sulfide) groups is 1. The summed E-state index contributed by atoms with van der Waals surface area (Å²) in [6.07, 6.45) is 1.98. The molecule has 0 aliphatic rings. The van der Waals surface area contributed by atoms with Crippen LogP contribution in [0.15, 0.2) is 22.7 Å². The molecule has 0 bridgehead atoms. The number of carboxylic acid groups (broad SMARTS) is 1. The molecule has 0 unspecified atom stereocenters. The van der Waals surface area contributed by atoms with Gasteiger partial charge in [-0.1, -0.05) is 15.9 Å². The minimum absolute atomic E-state index is 0.186. The van der Waals surface area contributed by atoms with E-state index in [1.54, 1.807) is 23.9 Å². The Morgan fingerprint density at radius 3 is 2.93 bits per heavy atom. The van der Waals surface area contributed by atoms with Crippen LogP contribution in [0.1, 0.15) is 10.4 Å². The van der Waals surface area contributed by atoms with Gasteiger partial charge >= 0.3 is 5.97 Å².